The first kappa shape index (κ1) is 13.1. The smallest absolute Gasteiger partial charge is 0.311 e. The molecular weight excluding hydrogens is 280 g/mol. The molecule has 6 nitrogen and oxygen atoms in total. The Labute approximate surface area is 120 Å². The number of hydrogen-bond acceptors (Lipinski definition) is 4. The van der Waals surface area contributed by atoms with Crippen LogP contribution in [-0.2, 0) is 11.3 Å². The standard InChI is InChI=1S/C13H13ClN4O2/c1-8-3-2-4-9(10(8)14)11-15-16-17-18(11)7-13(5-6-13)12(19)20/h2-4H,5-7H2,1H3,(H,19,20). The van der Waals surface area contributed by atoms with Gasteiger partial charge in [-0.3, -0.25) is 4.79 Å². The van der Waals surface area contributed by atoms with Gasteiger partial charge in [0.1, 0.15) is 0 Å². The SMILES string of the molecule is Cc1cccc(-c2nnnn2CC2(C(=O)O)CC2)c1Cl. The van der Waals surface area contributed by atoms with Gasteiger partial charge in [0, 0.05) is 5.56 Å². The maximum Gasteiger partial charge on any atom is 0.311 e. The van der Waals surface area contributed by atoms with Gasteiger partial charge in [0.15, 0.2) is 5.82 Å². The van der Waals surface area contributed by atoms with Crippen molar-refractivity contribution in [2.75, 3.05) is 0 Å². The van der Waals surface area contributed by atoms with Crippen molar-refractivity contribution in [2.24, 2.45) is 5.41 Å². The maximum absolute atomic E-state index is 11.3. The number of aliphatic carboxylic acids is 1. The van der Waals surface area contributed by atoms with Gasteiger partial charge in [-0.15, -0.1) is 5.10 Å². The number of halogens is 1. The van der Waals surface area contributed by atoms with E-state index in [0.717, 1.165) is 11.1 Å². The van der Waals surface area contributed by atoms with Crippen LogP contribution >= 0.6 is 11.6 Å². The van der Waals surface area contributed by atoms with Crippen LogP contribution in [0.15, 0.2) is 18.2 Å². The minimum absolute atomic E-state index is 0.273. The van der Waals surface area contributed by atoms with Crippen molar-refractivity contribution in [1.29, 1.82) is 0 Å². The lowest BCUT2D eigenvalue weighted by Crippen LogP contribution is -2.22. The van der Waals surface area contributed by atoms with Crippen molar-refractivity contribution < 1.29 is 9.90 Å². The molecule has 0 saturated heterocycles. The molecule has 0 atom stereocenters. The molecule has 1 aromatic carbocycles. The van der Waals surface area contributed by atoms with Crippen molar-refractivity contribution >= 4 is 17.6 Å². The third-order valence-electron chi connectivity index (χ3n) is 3.72. The molecule has 0 unspecified atom stereocenters. The molecular formula is C13H13ClN4O2. The molecule has 3 rings (SSSR count). The largest absolute Gasteiger partial charge is 0.481 e. The second kappa shape index (κ2) is 4.56. The predicted molar refractivity (Wildman–Crippen MR) is 72.3 cm³/mol. The molecule has 1 aliphatic carbocycles. The summed E-state index contributed by atoms with van der Waals surface area (Å²) in [5.41, 5.74) is 0.927. The molecule has 1 N–H and O–H groups in total. The van der Waals surface area contributed by atoms with E-state index in [1.54, 1.807) is 0 Å². The number of aryl methyl sites for hydroxylation is 1. The molecule has 0 bridgehead atoms. The fourth-order valence-electron chi connectivity index (χ4n) is 2.20. The van der Waals surface area contributed by atoms with E-state index in [2.05, 4.69) is 15.5 Å². The fourth-order valence-corrected chi connectivity index (χ4v) is 2.41. The van der Waals surface area contributed by atoms with Crippen molar-refractivity contribution in [3.8, 4) is 11.4 Å². The first-order valence-corrected chi connectivity index (χ1v) is 6.66. The van der Waals surface area contributed by atoms with Crippen molar-refractivity contribution in [3.05, 3.63) is 28.8 Å². The number of rotatable bonds is 4. The van der Waals surface area contributed by atoms with Gasteiger partial charge in [0.2, 0.25) is 0 Å². The van der Waals surface area contributed by atoms with Crippen LogP contribution in [0.1, 0.15) is 18.4 Å². The van der Waals surface area contributed by atoms with E-state index in [-0.39, 0.29) is 6.54 Å². The quantitative estimate of drug-likeness (QED) is 0.934. The van der Waals surface area contributed by atoms with Gasteiger partial charge in [-0.05, 0) is 41.8 Å². The van der Waals surface area contributed by atoms with Crippen molar-refractivity contribution in [2.45, 2.75) is 26.3 Å². The molecule has 1 saturated carbocycles. The lowest BCUT2D eigenvalue weighted by atomic mass is 10.1. The average molecular weight is 293 g/mol. The van der Waals surface area contributed by atoms with Crippen LogP contribution in [0.5, 0.6) is 0 Å². The Morgan fingerprint density at radius 2 is 2.25 bits per heavy atom. The predicted octanol–water partition coefficient (Wildman–Crippen LogP) is 2.17. The zero-order chi connectivity index (χ0) is 14.3. The molecule has 1 aromatic heterocycles. The third-order valence-corrected chi connectivity index (χ3v) is 4.23. The number of carboxylic acid groups (broad SMARTS) is 1. The van der Waals surface area contributed by atoms with E-state index in [1.165, 1.54) is 4.68 Å². The number of carboxylic acids is 1. The van der Waals surface area contributed by atoms with Crippen LogP contribution in [0.2, 0.25) is 5.02 Å². The van der Waals surface area contributed by atoms with Crippen molar-refractivity contribution in [3.63, 3.8) is 0 Å². The molecule has 2 aromatic rings. The zero-order valence-electron chi connectivity index (χ0n) is 10.9. The van der Waals surface area contributed by atoms with Crippen LogP contribution in [0.25, 0.3) is 11.4 Å². The topological polar surface area (TPSA) is 80.9 Å². The molecule has 1 heterocycles. The van der Waals surface area contributed by atoms with Crippen LogP contribution < -0.4 is 0 Å². The van der Waals surface area contributed by atoms with Crippen LogP contribution in [0.3, 0.4) is 0 Å². The van der Waals surface area contributed by atoms with Gasteiger partial charge in [-0.1, -0.05) is 23.7 Å². The summed E-state index contributed by atoms with van der Waals surface area (Å²) in [4.78, 5) is 11.3. The Kier molecular flexibility index (Phi) is 2.97. The Hall–Kier alpha value is -1.95. The lowest BCUT2D eigenvalue weighted by molar-refractivity contribution is -0.144. The Bertz CT molecular complexity index is 679. The summed E-state index contributed by atoms with van der Waals surface area (Å²) in [6, 6.07) is 5.61. The summed E-state index contributed by atoms with van der Waals surface area (Å²) in [5, 5.41) is 21.4. The number of hydrogen-bond donors (Lipinski definition) is 1. The summed E-state index contributed by atoms with van der Waals surface area (Å²) in [6.45, 7) is 2.18. The monoisotopic (exact) mass is 292 g/mol. The van der Waals surface area contributed by atoms with Gasteiger partial charge in [-0.25, -0.2) is 4.68 Å². The molecule has 7 heteroatoms. The highest BCUT2D eigenvalue weighted by atomic mass is 35.5. The highest BCUT2D eigenvalue weighted by Gasteiger charge is 2.51. The first-order valence-electron chi connectivity index (χ1n) is 6.28. The molecule has 1 aliphatic rings. The van der Waals surface area contributed by atoms with E-state index in [4.69, 9.17) is 11.6 Å². The molecule has 0 amide bonds. The van der Waals surface area contributed by atoms with Gasteiger partial charge in [-0.2, -0.15) is 0 Å². The average Bonchev–Trinajstić information content (AvgIpc) is 3.06. The molecule has 0 aliphatic heterocycles. The van der Waals surface area contributed by atoms with Crippen molar-refractivity contribution in [1.82, 2.24) is 20.2 Å². The van der Waals surface area contributed by atoms with Gasteiger partial charge in [0.05, 0.1) is 17.0 Å². The normalized spacial score (nSPS) is 16.1. The van der Waals surface area contributed by atoms with Gasteiger partial charge < -0.3 is 5.11 Å². The van der Waals surface area contributed by atoms with Crippen LogP contribution in [0.4, 0.5) is 0 Å². The number of aromatic nitrogens is 4. The van der Waals surface area contributed by atoms with Gasteiger partial charge in [0.25, 0.3) is 0 Å². The molecule has 104 valence electrons. The summed E-state index contributed by atoms with van der Waals surface area (Å²) in [7, 11) is 0. The highest BCUT2D eigenvalue weighted by molar-refractivity contribution is 6.33. The summed E-state index contributed by atoms with van der Waals surface area (Å²) >= 11 is 6.28. The Balaban J connectivity index is 1.99. The second-order valence-corrected chi connectivity index (χ2v) is 5.56. The second-order valence-electron chi connectivity index (χ2n) is 5.18. The lowest BCUT2D eigenvalue weighted by Gasteiger charge is -2.11. The van der Waals surface area contributed by atoms with E-state index < -0.39 is 11.4 Å². The maximum atomic E-state index is 11.3. The molecule has 0 spiro atoms. The summed E-state index contributed by atoms with van der Waals surface area (Å²) in [5.74, 6) is -0.291. The number of carbonyl (C=O) groups is 1. The Morgan fingerprint density at radius 1 is 1.50 bits per heavy atom. The summed E-state index contributed by atoms with van der Waals surface area (Å²) < 4.78 is 1.53. The first-order chi connectivity index (χ1) is 9.53. The van der Waals surface area contributed by atoms with Crippen LogP contribution in [-0.4, -0.2) is 31.3 Å². The molecule has 20 heavy (non-hydrogen) atoms. The van der Waals surface area contributed by atoms with E-state index in [9.17, 15) is 9.90 Å². The minimum Gasteiger partial charge on any atom is -0.481 e. The zero-order valence-corrected chi connectivity index (χ0v) is 11.6. The third kappa shape index (κ3) is 2.06. The minimum atomic E-state index is -0.797. The Morgan fingerprint density at radius 3 is 2.90 bits per heavy atom. The highest BCUT2D eigenvalue weighted by Crippen LogP contribution is 2.47. The summed E-state index contributed by atoms with van der Waals surface area (Å²) in [6.07, 6.45) is 1.31. The van der Waals surface area contributed by atoms with E-state index in [0.29, 0.717) is 23.7 Å². The molecule has 1 fully saturated rings. The van der Waals surface area contributed by atoms with Gasteiger partial charge >= 0.3 is 5.97 Å². The number of benzene rings is 1. The number of nitrogens with zero attached hydrogens (tertiary/aromatic N) is 4. The van der Waals surface area contributed by atoms with Crippen LogP contribution in [0, 0.1) is 12.3 Å². The van der Waals surface area contributed by atoms with E-state index >= 15 is 0 Å². The molecule has 0 radical (unpaired) electrons. The fraction of sp³-hybridized carbons (Fsp3) is 0.385. The number of tetrazole rings is 1. The van der Waals surface area contributed by atoms with E-state index in [1.807, 2.05) is 25.1 Å².